The molecule has 0 spiro atoms. The normalized spacial score (nSPS) is 10.4. The Bertz CT molecular complexity index is 1670. The van der Waals surface area contributed by atoms with Crippen LogP contribution in [0.25, 0.3) is 11.1 Å². The monoisotopic (exact) mass is 684 g/mol. The lowest BCUT2D eigenvalue weighted by Crippen LogP contribution is -2.10. The van der Waals surface area contributed by atoms with Crippen molar-refractivity contribution >= 4 is 23.9 Å². The van der Waals surface area contributed by atoms with E-state index in [4.69, 9.17) is 28.4 Å². The summed E-state index contributed by atoms with van der Waals surface area (Å²) >= 11 is 0. The highest BCUT2D eigenvalue weighted by atomic mass is 16.7. The van der Waals surface area contributed by atoms with E-state index in [-0.39, 0.29) is 49.2 Å². The lowest BCUT2D eigenvalue weighted by Gasteiger charge is -2.11. The van der Waals surface area contributed by atoms with Crippen LogP contribution in [0.4, 0.5) is 0 Å². The minimum absolute atomic E-state index is 0. The summed E-state index contributed by atoms with van der Waals surface area (Å²) in [7, 11) is 0. The van der Waals surface area contributed by atoms with Crippen LogP contribution in [0.2, 0.25) is 0 Å². The smallest absolute Gasteiger partial charge is 0.343 e. The van der Waals surface area contributed by atoms with Crippen molar-refractivity contribution in [1.82, 2.24) is 0 Å². The van der Waals surface area contributed by atoms with Crippen LogP contribution >= 0.6 is 0 Å². The molecule has 50 heavy (non-hydrogen) atoms. The van der Waals surface area contributed by atoms with Crippen molar-refractivity contribution < 1.29 is 47.6 Å². The second-order valence-electron chi connectivity index (χ2n) is 9.91. The third-order valence-corrected chi connectivity index (χ3v) is 7.06. The average molecular weight is 685 g/mol. The van der Waals surface area contributed by atoms with Gasteiger partial charge in [-0.3, -0.25) is 0 Å². The number of hydrogen-bond acceptors (Lipinski definition) is 10. The van der Waals surface area contributed by atoms with Gasteiger partial charge in [-0.15, -0.1) is 0 Å². The molecule has 4 aromatic carbocycles. The summed E-state index contributed by atoms with van der Waals surface area (Å²) in [4.78, 5) is 47.9. The van der Waals surface area contributed by atoms with Gasteiger partial charge in [0, 0.05) is 18.1 Å². The van der Waals surface area contributed by atoms with E-state index in [2.05, 4.69) is 13.2 Å². The molecule has 0 heterocycles. The van der Waals surface area contributed by atoms with E-state index in [9.17, 15) is 19.2 Å². The summed E-state index contributed by atoms with van der Waals surface area (Å²) in [5.74, 6) is -0.749. The number of fused-ring (bicyclic) bond motifs is 3. The predicted molar refractivity (Wildman–Crippen MR) is 193 cm³/mol. The first-order valence-electron chi connectivity index (χ1n) is 14.0. The largest absolute Gasteiger partial charge is 0.457 e. The molecule has 10 heteroatoms. The van der Waals surface area contributed by atoms with Crippen molar-refractivity contribution in [2.45, 2.75) is 42.5 Å². The fraction of sp³-hybridized carbons (Fsp3) is 0.200. The number of carbonyl (C=O) groups is 4. The maximum absolute atomic E-state index is 12.8. The molecule has 0 aliphatic heterocycles. The van der Waals surface area contributed by atoms with Crippen molar-refractivity contribution in [3.63, 3.8) is 0 Å². The Kier molecular flexibility index (Phi) is 15.9. The molecule has 1 aliphatic rings. The van der Waals surface area contributed by atoms with Gasteiger partial charge in [0.2, 0.25) is 13.6 Å². The van der Waals surface area contributed by atoms with E-state index in [1.807, 2.05) is 31.2 Å². The minimum Gasteiger partial charge on any atom is -0.457 e. The van der Waals surface area contributed by atoms with E-state index in [1.165, 1.54) is 0 Å². The van der Waals surface area contributed by atoms with Crippen LogP contribution in [0.1, 0.15) is 74.4 Å². The molecule has 0 N–H and O–H groups in total. The molecule has 0 saturated heterocycles. The highest BCUT2D eigenvalue weighted by Gasteiger charge is 2.27. The lowest BCUT2D eigenvalue weighted by molar-refractivity contribution is -0.145. The summed E-state index contributed by atoms with van der Waals surface area (Å²) in [6.45, 7) is 8.08. The number of ether oxygens (including phenoxy) is 6. The average Bonchev–Trinajstić information content (AvgIpc) is 3.35. The lowest BCUT2D eigenvalue weighted by atomic mass is 9.99. The number of carbonyl (C=O) groups excluding carboxylic acids is 4. The highest BCUT2D eigenvalue weighted by molar-refractivity contribution is 5.92. The molecule has 0 saturated carbocycles. The SMILES string of the molecule is C.C.C.C.C=CC(=O)OCOc1ccc(C(=O)Oc2ccc3c(c2)C(C)c2cc(OC(=O)c4ccc(OCOC(=O)C=C)cc4)ccc2-3)cc1. The summed E-state index contributed by atoms with van der Waals surface area (Å²) in [5, 5.41) is 0. The van der Waals surface area contributed by atoms with Crippen molar-refractivity contribution in [2.75, 3.05) is 13.6 Å². The zero-order valence-corrected chi connectivity index (χ0v) is 24.7. The minimum atomic E-state index is -0.603. The molecule has 5 rings (SSSR count). The maximum atomic E-state index is 12.8. The molecular formula is C40H44O10. The Morgan fingerprint density at radius 1 is 0.560 bits per heavy atom. The Balaban J connectivity index is 0.00000312. The molecule has 10 nitrogen and oxygen atoms in total. The first-order valence-corrected chi connectivity index (χ1v) is 14.0. The van der Waals surface area contributed by atoms with Gasteiger partial charge >= 0.3 is 23.9 Å². The Labute approximate surface area is 293 Å². The van der Waals surface area contributed by atoms with E-state index >= 15 is 0 Å². The number of esters is 4. The summed E-state index contributed by atoms with van der Waals surface area (Å²) in [5.41, 5.74) is 4.55. The second-order valence-corrected chi connectivity index (χ2v) is 9.91. The van der Waals surface area contributed by atoms with Crippen molar-refractivity contribution in [1.29, 1.82) is 0 Å². The topological polar surface area (TPSA) is 124 Å². The molecule has 0 aromatic heterocycles. The van der Waals surface area contributed by atoms with Crippen molar-refractivity contribution in [2.24, 2.45) is 0 Å². The first-order chi connectivity index (χ1) is 22.2. The Morgan fingerprint density at radius 2 is 0.900 bits per heavy atom. The third-order valence-electron chi connectivity index (χ3n) is 7.06. The van der Waals surface area contributed by atoms with Gasteiger partial charge < -0.3 is 28.4 Å². The Morgan fingerprint density at radius 3 is 1.24 bits per heavy atom. The van der Waals surface area contributed by atoms with Gasteiger partial charge in [0.25, 0.3) is 0 Å². The molecule has 4 aromatic rings. The van der Waals surface area contributed by atoms with Crippen LogP contribution in [0, 0.1) is 0 Å². The first kappa shape index (κ1) is 41.9. The molecule has 0 unspecified atom stereocenters. The zero-order valence-electron chi connectivity index (χ0n) is 24.7. The van der Waals surface area contributed by atoms with Crippen LogP contribution in [0.15, 0.2) is 110 Å². The second kappa shape index (κ2) is 19.0. The van der Waals surface area contributed by atoms with Crippen LogP contribution in [-0.2, 0) is 19.1 Å². The fourth-order valence-corrected chi connectivity index (χ4v) is 4.72. The standard InChI is InChI=1S/C36H28O10.4CH4/c1-4-33(37)43-20-41-25-10-6-23(7-11-25)35(39)45-27-14-16-29-30-17-15-28(19-32(30)22(3)31(29)18-27)46-36(40)24-8-12-26(13-9-24)42-21-44-34(38)5-2;;;;/h4-19,22H,1-2,20-21H2,3H3;4*1H4. The molecule has 0 bridgehead atoms. The van der Waals surface area contributed by atoms with Gasteiger partial charge in [-0.25, -0.2) is 19.2 Å². The number of rotatable bonds is 12. The third kappa shape index (κ3) is 9.93. The molecule has 1 aliphatic carbocycles. The van der Waals surface area contributed by atoms with Crippen molar-refractivity contribution in [3.8, 4) is 34.1 Å². The fourth-order valence-electron chi connectivity index (χ4n) is 4.72. The summed E-state index contributed by atoms with van der Waals surface area (Å²) in [6.07, 6.45) is 2.07. The van der Waals surface area contributed by atoms with E-state index in [0.717, 1.165) is 34.4 Å². The molecule has 0 amide bonds. The van der Waals surface area contributed by atoms with Crippen molar-refractivity contribution in [3.05, 3.63) is 132 Å². The molecule has 0 atom stereocenters. The van der Waals surface area contributed by atoms with Gasteiger partial charge in [-0.2, -0.15) is 0 Å². The number of benzene rings is 4. The molecular weight excluding hydrogens is 640 g/mol. The quantitative estimate of drug-likeness (QED) is 0.0618. The predicted octanol–water partition coefficient (Wildman–Crippen LogP) is 8.93. The molecule has 0 radical (unpaired) electrons. The number of hydrogen-bond donors (Lipinski definition) is 0. The van der Waals surface area contributed by atoms with Crippen LogP contribution < -0.4 is 18.9 Å². The van der Waals surface area contributed by atoms with Crippen LogP contribution in [0.3, 0.4) is 0 Å². The Hall–Kier alpha value is -6.16. The zero-order chi connectivity index (χ0) is 32.6. The van der Waals surface area contributed by atoms with E-state index < -0.39 is 23.9 Å². The highest BCUT2D eigenvalue weighted by Crippen LogP contribution is 2.47. The van der Waals surface area contributed by atoms with Gasteiger partial charge in [-0.1, -0.05) is 61.9 Å². The van der Waals surface area contributed by atoms with Gasteiger partial charge in [-0.05, 0) is 95.1 Å². The van der Waals surface area contributed by atoms with E-state index in [1.54, 1.807) is 60.7 Å². The van der Waals surface area contributed by atoms with Gasteiger partial charge in [0.15, 0.2) is 0 Å². The maximum Gasteiger partial charge on any atom is 0.343 e. The summed E-state index contributed by atoms with van der Waals surface area (Å²) < 4.78 is 31.5. The van der Waals surface area contributed by atoms with Crippen LogP contribution in [0.5, 0.6) is 23.0 Å². The van der Waals surface area contributed by atoms with Gasteiger partial charge in [0.1, 0.15) is 23.0 Å². The van der Waals surface area contributed by atoms with Gasteiger partial charge in [0.05, 0.1) is 11.1 Å². The summed E-state index contributed by atoms with van der Waals surface area (Å²) in [6, 6.07) is 23.4. The van der Waals surface area contributed by atoms with Crippen LogP contribution in [-0.4, -0.2) is 37.5 Å². The molecule has 264 valence electrons. The molecule has 0 fully saturated rings. The van der Waals surface area contributed by atoms with E-state index in [0.29, 0.717) is 34.1 Å².